The monoisotopic (exact) mass is 203 g/mol. The molecular formula is C7H5BrFO. The number of aliphatic hydroxyl groups is 1. The van der Waals surface area contributed by atoms with Gasteiger partial charge in [-0.05, 0) is 22.0 Å². The molecule has 1 aromatic carbocycles. The van der Waals surface area contributed by atoms with Crippen LogP contribution in [0.1, 0.15) is 5.56 Å². The lowest BCUT2D eigenvalue weighted by atomic mass is 10.2. The maximum atomic E-state index is 12.8. The lowest BCUT2D eigenvalue weighted by Crippen LogP contribution is -1.86. The second-order valence-electron chi connectivity index (χ2n) is 1.77. The Morgan fingerprint density at radius 1 is 1.50 bits per heavy atom. The van der Waals surface area contributed by atoms with E-state index in [4.69, 9.17) is 5.11 Å². The van der Waals surface area contributed by atoms with E-state index in [0.717, 1.165) is 6.61 Å². The molecule has 0 aliphatic rings. The molecule has 1 rings (SSSR count). The van der Waals surface area contributed by atoms with Gasteiger partial charge in [-0.1, -0.05) is 12.1 Å². The van der Waals surface area contributed by atoms with E-state index in [1.54, 1.807) is 12.1 Å². The van der Waals surface area contributed by atoms with E-state index in [1.165, 1.54) is 6.07 Å². The Kier molecular flexibility index (Phi) is 2.40. The molecule has 3 heteroatoms. The Bertz CT molecular complexity index is 237. The van der Waals surface area contributed by atoms with Gasteiger partial charge < -0.3 is 5.11 Å². The summed E-state index contributed by atoms with van der Waals surface area (Å²) in [6.07, 6.45) is 0. The van der Waals surface area contributed by atoms with E-state index >= 15 is 0 Å². The van der Waals surface area contributed by atoms with Crippen molar-refractivity contribution in [3.8, 4) is 0 Å². The van der Waals surface area contributed by atoms with Crippen LogP contribution in [0.3, 0.4) is 0 Å². The molecule has 0 aliphatic carbocycles. The fourth-order valence-electron chi connectivity index (χ4n) is 0.620. The van der Waals surface area contributed by atoms with Crippen LogP contribution in [-0.2, 0) is 0 Å². The summed E-state index contributed by atoms with van der Waals surface area (Å²) in [5.41, 5.74) is 0.189. The number of benzene rings is 1. The molecule has 0 spiro atoms. The topological polar surface area (TPSA) is 20.2 Å². The van der Waals surface area contributed by atoms with Crippen LogP contribution in [0.15, 0.2) is 22.7 Å². The minimum Gasteiger partial charge on any atom is -0.385 e. The standard InChI is InChI=1S/C7H5BrFO/c8-6-3-1-2-5(4-10)7(6)9/h1-4,10H. The summed E-state index contributed by atoms with van der Waals surface area (Å²) in [5.74, 6) is -0.440. The largest absolute Gasteiger partial charge is 0.385 e. The minimum absolute atomic E-state index is 0.189. The first kappa shape index (κ1) is 7.69. The molecule has 0 amide bonds. The van der Waals surface area contributed by atoms with Crippen LogP contribution in [-0.4, -0.2) is 5.11 Å². The van der Waals surface area contributed by atoms with Crippen molar-refractivity contribution in [1.82, 2.24) is 0 Å². The second-order valence-corrected chi connectivity index (χ2v) is 2.63. The highest BCUT2D eigenvalue weighted by Gasteiger charge is 2.03. The molecule has 1 radical (unpaired) electrons. The van der Waals surface area contributed by atoms with Gasteiger partial charge in [0.15, 0.2) is 0 Å². The Morgan fingerprint density at radius 3 is 2.70 bits per heavy atom. The first-order chi connectivity index (χ1) is 4.75. The molecule has 0 heterocycles. The van der Waals surface area contributed by atoms with Gasteiger partial charge in [0.2, 0.25) is 0 Å². The zero-order valence-corrected chi connectivity index (χ0v) is 6.60. The van der Waals surface area contributed by atoms with Crippen LogP contribution in [0.4, 0.5) is 4.39 Å². The molecule has 53 valence electrons. The maximum absolute atomic E-state index is 12.8. The molecule has 10 heavy (non-hydrogen) atoms. The van der Waals surface area contributed by atoms with Crippen molar-refractivity contribution < 1.29 is 9.50 Å². The Balaban J connectivity index is 3.14. The summed E-state index contributed by atoms with van der Waals surface area (Å²) in [4.78, 5) is 0. The van der Waals surface area contributed by atoms with Crippen molar-refractivity contribution in [2.24, 2.45) is 0 Å². The molecule has 0 aliphatic heterocycles. The van der Waals surface area contributed by atoms with Crippen LogP contribution in [0.5, 0.6) is 0 Å². The van der Waals surface area contributed by atoms with Crippen LogP contribution < -0.4 is 0 Å². The molecule has 0 saturated carbocycles. The van der Waals surface area contributed by atoms with E-state index in [2.05, 4.69) is 15.9 Å². The molecule has 0 saturated heterocycles. The second kappa shape index (κ2) is 3.12. The fraction of sp³-hybridized carbons (Fsp3) is 0. The van der Waals surface area contributed by atoms with Gasteiger partial charge in [0, 0.05) is 5.56 Å². The van der Waals surface area contributed by atoms with E-state index in [1.807, 2.05) is 0 Å². The highest BCUT2D eigenvalue weighted by Crippen LogP contribution is 2.18. The molecule has 1 aromatic rings. The first-order valence-corrected chi connectivity index (χ1v) is 3.46. The smallest absolute Gasteiger partial charge is 0.143 e. The predicted octanol–water partition coefficient (Wildman–Crippen LogP) is 2.47. The third kappa shape index (κ3) is 1.36. The summed E-state index contributed by atoms with van der Waals surface area (Å²) in [6, 6.07) is 4.71. The lowest BCUT2D eigenvalue weighted by Gasteiger charge is -1.97. The third-order valence-electron chi connectivity index (χ3n) is 1.12. The van der Waals surface area contributed by atoms with Crippen molar-refractivity contribution in [2.45, 2.75) is 0 Å². The lowest BCUT2D eigenvalue weighted by molar-refractivity contribution is 0.407. The maximum Gasteiger partial charge on any atom is 0.143 e. The highest BCUT2D eigenvalue weighted by molar-refractivity contribution is 9.10. The molecule has 0 unspecified atom stereocenters. The van der Waals surface area contributed by atoms with E-state index in [9.17, 15) is 4.39 Å². The Morgan fingerprint density at radius 2 is 2.20 bits per heavy atom. The minimum atomic E-state index is -0.440. The van der Waals surface area contributed by atoms with Gasteiger partial charge >= 0.3 is 0 Å². The Hall–Kier alpha value is -0.410. The van der Waals surface area contributed by atoms with Crippen molar-refractivity contribution in [2.75, 3.05) is 0 Å². The summed E-state index contributed by atoms with van der Waals surface area (Å²) < 4.78 is 13.1. The van der Waals surface area contributed by atoms with Crippen molar-refractivity contribution in [3.05, 3.63) is 40.7 Å². The first-order valence-electron chi connectivity index (χ1n) is 2.67. The SMILES string of the molecule is O[CH]c1cccc(Br)c1F. The zero-order valence-electron chi connectivity index (χ0n) is 5.01. The van der Waals surface area contributed by atoms with E-state index < -0.39 is 5.82 Å². The molecular weight excluding hydrogens is 199 g/mol. The molecule has 0 aromatic heterocycles. The number of halogens is 2. The van der Waals surface area contributed by atoms with Gasteiger partial charge in [-0.3, -0.25) is 0 Å². The van der Waals surface area contributed by atoms with Crippen LogP contribution >= 0.6 is 15.9 Å². The molecule has 0 atom stereocenters. The predicted molar refractivity (Wildman–Crippen MR) is 39.4 cm³/mol. The van der Waals surface area contributed by atoms with Crippen LogP contribution in [0.25, 0.3) is 0 Å². The summed E-state index contributed by atoms with van der Waals surface area (Å²) in [6.45, 7) is 0.736. The van der Waals surface area contributed by atoms with Gasteiger partial charge in [-0.15, -0.1) is 0 Å². The third-order valence-corrected chi connectivity index (χ3v) is 1.73. The van der Waals surface area contributed by atoms with E-state index in [-0.39, 0.29) is 5.56 Å². The van der Waals surface area contributed by atoms with Crippen molar-refractivity contribution in [3.63, 3.8) is 0 Å². The van der Waals surface area contributed by atoms with E-state index in [0.29, 0.717) is 4.47 Å². The fourth-order valence-corrected chi connectivity index (χ4v) is 1.00. The van der Waals surface area contributed by atoms with Crippen LogP contribution in [0, 0.1) is 12.4 Å². The van der Waals surface area contributed by atoms with Gasteiger partial charge in [0.05, 0.1) is 4.47 Å². The summed E-state index contributed by atoms with van der Waals surface area (Å²) in [5, 5.41) is 8.46. The van der Waals surface area contributed by atoms with Crippen molar-refractivity contribution >= 4 is 15.9 Å². The molecule has 1 N–H and O–H groups in total. The summed E-state index contributed by atoms with van der Waals surface area (Å²) in [7, 11) is 0. The Labute approximate surface area is 66.6 Å². The number of rotatable bonds is 1. The molecule has 1 nitrogen and oxygen atoms in total. The van der Waals surface area contributed by atoms with Crippen LogP contribution in [0.2, 0.25) is 0 Å². The number of hydrogen-bond acceptors (Lipinski definition) is 1. The zero-order chi connectivity index (χ0) is 7.56. The molecule has 0 bridgehead atoms. The average molecular weight is 204 g/mol. The van der Waals surface area contributed by atoms with Gasteiger partial charge in [-0.25, -0.2) is 4.39 Å². The quantitative estimate of drug-likeness (QED) is 0.744. The normalized spacial score (nSPS) is 9.90. The average Bonchev–Trinajstić information content (AvgIpc) is 1.95. The van der Waals surface area contributed by atoms with Crippen molar-refractivity contribution in [1.29, 1.82) is 0 Å². The van der Waals surface area contributed by atoms with Gasteiger partial charge in [-0.2, -0.15) is 0 Å². The number of aliphatic hydroxyl groups excluding tert-OH is 1. The summed E-state index contributed by atoms with van der Waals surface area (Å²) >= 11 is 2.98. The highest BCUT2D eigenvalue weighted by atomic mass is 79.9. The molecule has 0 fully saturated rings. The van der Waals surface area contributed by atoms with Gasteiger partial charge in [0.25, 0.3) is 0 Å². The number of hydrogen-bond donors (Lipinski definition) is 1. The van der Waals surface area contributed by atoms with Gasteiger partial charge in [0.1, 0.15) is 12.4 Å².